The van der Waals surface area contributed by atoms with Crippen molar-refractivity contribution < 1.29 is 4.74 Å². The molecule has 2 heterocycles. The Labute approximate surface area is 122 Å². The molecule has 4 rings (SSSR count). The minimum absolute atomic E-state index is 0.125. The number of benzene rings is 2. The molecule has 1 atom stereocenters. The van der Waals surface area contributed by atoms with Crippen LogP contribution in [0.25, 0.3) is 10.9 Å². The molecule has 2 aromatic carbocycles. The Morgan fingerprint density at radius 3 is 2.76 bits per heavy atom. The first kappa shape index (κ1) is 12.0. The van der Waals surface area contributed by atoms with E-state index in [2.05, 4.69) is 17.1 Å². The molecular formula is C17H15N3O. The summed E-state index contributed by atoms with van der Waals surface area (Å²) in [6.07, 6.45) is 0. The molecule has 0 bridgehead atoms. The lowest BCUT2D eigenvalue weighted by Gasteiger charge is -2.13. The van der Waals surface area contributed by atoms with Crippen LogP contribution < -0.4 is 16.2 Å². The van der Waals surface area contributed by atoms with Crippen LogP contribution in [0.5, 0.6) is 5.75 Å². The summed E-state index contributed by atoms with van der Waals surface area (Å²) < 4.78 is 5.75. The van der Waals surface area contributed by atoms with Crippen LogP contribution >= 0.6 is 0 Å². The van der Waals surface area contributed by atoms with Gasteiger partial charge in [0.25, 0.3) is 0 Å². The number of nitrogens with two attached hydrogens (primary N) is 2. The molecular weight excluding hydrogens is 262 g/mol. The molecule has 0 fully saturated rings. The lowest BCUT2D eigenvalue weighted by molar-refractivity contribution is 0.343. The number of nitrogen functional groups attached to an aromatic ring is 2. The molecule has 1 aliphatic heterocycles. The van der Waals surface area contributed by atoms with Gasteiger partial charge in [-0.2, -0.15) is 0 Å². The van der Waals surface area contributed by atoms with E-state index in [1.54, 1.807) is 0 Å². The highest BCUT2D eigenvalue weighted by atomic mass is 16.5. The predicted molar refractivity (Wildman–Crippen MR) is 84.3 cm³/mol. The molecule has 3 aromatic rings. The molecule has 1 unspecified atom stereocenters. The lowest BCUT2D eigenvalue weighted by atomic mass is 9.92. The molecule has 1 aromatic heterocycles. The average Bonchev–Trinajstić information content (AvgIpc) is 2.91. The zero-order valence-electron chi connectivity index (χ0n) is 11.4. The molecule has 0 radical (unpaired) electrons. The standard InChI is InChI=1S/C17H15N3O/c18-11-5-6-15-10(7-11)8-13(17(19)20-15)14-9-21-16-4-2-1-3-12(14)16/h1-8,14H,9,18H2,(H2,19,20). The molecule has 0 spiro atoms. The molecule has 0 aliphatic carbocycles. The van der Waals surface area contributed by atoms with Gasteiger partial charge >= 0.3 is 0 Å². The number of nitrogens with zero attached hydrogens (tertiary/aromatic N) is 1. The van der Waals surface area contributed by atoms with Gasteiger partial charge in [-0.15, -0.1) is 0 Å². The molecule has 21 heavy (non-hydrogen) atoms. The summed E-state index contributed by atoms with van der Waals surface area (Å²) in [6.45, 7) is 0.596. The minimum atomic E-state index is 0.125. The van der Waals surface area contributed by atoms with E-state index in [0.717, 1.165) is 33.5 Å². The Morgan fingerprint density at radius 1 is 1.00 bits per heavy atom. The normalized spacial score (nSPS) is 16.7. The van der Waals surface area contributed by atoms with Crippen LogP contribution in [0.1, 0.15) is 17.0 Å². The second kappa shape index (κ2) is 4.38. The molecule has 104 valence electrons. The fourth-order valence-electron chi connectivity index (χ4n) is 2.93. The third-order valence-electron chi connectivity index (χ3n) is 3.97. The molecule has 4 heteroatoms. The van der Waals surface area contributed by atoms with Crippen molar-refractivity contribution in [1.82, 2.24) is 4.98 Å². The van der Waals surface area contributed by atoms with Gasteiger partial charge in [-0.1, -0.05) is 18.2 Å². The summed E-state index contributed by atoms with van der Waals surface area (Å²) in [5.74, 6) is 1.60. The molecule has 1 aliphatic rings. The first-order valence-corrected chi connectivity index (χ1v) is 6.90. The van der Waals surface area contributed by atoms with Gasteiger partial charge in [0.15, 0.2) is 0 Å². The van der Waals surface area contributed by atoms with E-state index >= 15 is 0 Å². The van der Waals surface area contributed by atoms with Crippen molar-refractivity contribution in [2.75, 3.05) is 18.1 Å². The Balaban J connectivity index is 1.89. The third kappa shape index (κ3) is 1.88. The Kier molecular flexibility index (Phi) is 2.51. The van der Waals surface area contributed by atoms with Crippen molar-refractivity contribution in [2.45, 2.75) is 5.92 Å². The number of fused-ring (bicyclic) bond motifs is 2. The SMILES string of the molecule is Nc1ccc2nc(N)c(C3COc4ccccc43)cc2c1. The fourth-order valence-corrected chi connectivity index (χ4v) is 2.93. The number of hydrogen-bond donors (Lipinski definition) is 2. The Morgan fingerprint density at radius 2 is 1.86 bits per heavy atom. The zero-order valence-corrected chi connectivity index (χ0v) is 11.4. The van der Waals surface area contributed by atoms with Gasteiger partial charge in [-0.3, -0.25) is 0 Å². The van der Waals surface area contributed by atoms with E-state index in [1.165, 1.54) is 0 Å². The second-order valence-corrected chi connectivity index (χ2v) is 5.32. The smallest absolute Gasteiger partial charge is 0.128 e. The van der Waals surface area contributed by atoms with Crippen LogP contribution in [0.2, 0.25) is 0 Å². The fraction of sp³-hybridized carbons (Fsp3) is 0.118. The van der Waals surface area contributed by atoms with E-state index in [1.807, 2.05) is 36.4 Å². The zero-order chi connectivity index (χ0) is 14.4. The van der Waals surface area contributed by atoms with Gasteiger partial charge in [0, 0.05) is 22.2 Å². The van der Waals surface area contributed by atoms with Crippen LogP contribution in [0.15, 0.2) is 48.5 Å². The molecule has 0 saturated carbocycles. The minimum Gasteiger partial charge on any atom is -0.492 e. The van der Waals surface area contributed by atoms with Crippen LogP contribution in [-0.2, 0) is 0 Å². The van der Waals surface area contributed by atoms with Gasteiger partial charge in [0.1, 0.15) is 11.6 Å². The van der Waals surface area contributed by atoms with Gasteiger partial charge in [0.2, 0.25) is 0 Å². The van der Waals surface area contributed by atoms with E-state index in [4.69, 9.17) is 16.2 Å². The van der Waals surface area contributed by atoms with E-state index in [0.29, 0.717) is 12.4 Å². The maximum absolute atomic E-state index is 6.16. The number of para-hydroxylation sites is 1. The quantitative estimate of drug-likeness (QED) is 0.671. The highest BCUT2D eigenvalue weighted by molar-refractivity contribution is 5.84. The van der Waals surface area contributed by atoms with Crippen LogP contribution in [0.4, 0.5) is 11.5 Å². The van der Waals surface area contributed by atoms with Gasteiger partial charge in [-0.25, -0.2) is 4.98 Å². The predicted octanol–water partition coefficient (Wildman–Crippen LogP) is 2.92. The third-order valence-corrected chi connectivity index (χ3v) is 3.97. The summed E-state index contributed by atoms with van der Waals surface area (Å²) in [7, 11) is 0. The number of ether oxygens (including phenoxy) is 1. The van der Waals surface area contributed by atoms with Crippen molar-refractivity contribution in [3.8, 4) is 5.75 Å². The van der Waals surface area contributed by atoms with Crippen molar-refractivity contribution >= 4 is 22.4 Å². The number of rotatable bonds is 1. The van der Waals surface area contributed by atoms with E-state index in [-0.39, 0.29) is 5.92 Å². The van der Waals surface area contributed by atoms with E-state index in [9.17, 15) is 0 Å². The van der Waals surface area contributed by atoms with Gasteiger partial charge in [-0.05, 0) is 30.3 Å². The van der Waals surface area contributed by atoms with Crippen LogP contribution in [-0.4, -0.2) is 11.6 Å². The van der Waals surface area contributed by atoms with Crippen LogP contribution in [0, 0.1) is 0 Å². The maximum atomic E-state index is 6.16. The Bertz CT molecular complexity index is 845. The van der Waals surface area contributed by atoms with Crippen molar-refractivity contribution in [3.05, 3.63) is 59.7 Å². The largest absolute Gasteiger partial charge is 0.492 e. The summed E-state index contributed by atoms with van der Waals surface area (Å²) in [4.78, 5) is 4.50. The molecule has 0 amide bonds. The number of hydrogen-bond acceptors (Lipinski definition) is 4. The molecule has 4 nitrogen and oxygen atoms in total. The summed E-state index contributed by atoms with van der Waals surface area (Å²) in [5.41, 5.74) is 15.8. The topological polar surface area (TPSA) is 74.2 Å². The maximum Gasteiger partial charge on any atom is 0.128 e. The Hall–Kier alpha value is -2.75. The van der Waals surface area contributed by atoms with Crippen molar-refractivity contribution in [3.63, 3.8) is 0 Å². The number of anilines is 2. The van der Waals surface area contributed by atoms with E-state index < -0.39 is 0 Å². The first-order chi connectivity index (χ1) is 10.2. The second-order valence-electron chi connectivity index (χ2n) is 5.32. The average molecular weight is 277 g/mol. The first-order valence-electron chi connectivity index (χ1n) is 6.90. The number of pyridine rings is 1. The summed E-state index contributed by atoms with van der Waals surface area (Å²) in [6, 6.07) is 15.8. The van der Waals surface area contributed by atoms with Crippen molar-refractivity contribution in [2.24, 2.45) is 0 Å². The van der Waals surface area contributed by atoms with Crippen LogP contribution in [0.3, 0.4) is 0 Å². The van der Waals surface area contributed by atoms with Gasteiger partial charge in [0.05, 0.1) is 18.0 Å². The van der Waals surface area contributed by atoms with Crippen molar-refractivity contribution in [1.29, 1.82) is 0 Å². The highest BCUT2D eigenvalue weighted by Gasteiger charge is 2.27. The summed E-state index contributed by atoms with van der Waals surface area (Å²) >= 11 is 0. The monoisotopic (exact) mass is 277 g/mol. The molecule has 0 saturated heterocycles. The highest BCUT2D eigenvalue weighted by Crippen LogP contribution is 2.40. The van der Waals surface area contributed by atoms with Gasteiger partial charge < -0.3 is 16.2 Å². The molecule has 4 N–H and O–H groups in total. The lowest BCUT2D eigenvalue weighted by Crippen LogP contribution is -2.08. The number of aromatic nitrogens is 1. The summed E-state index contributed by atoms with van der Waals surface area (Å²) in [5, 5.41) is 1.00.